The lowest BCUT2D eigenvalue weighted by molar-refractivity contribution is -0.149. The average Bonchev–Trinajstić information content (AvgIpc) is 2.95. The molecule has 2 aliphatic heterocycles. The summed E-state index contributed by atoms with van der Waals surface area (Å²) in [4.78, 5) is 17.5. The molecule has 2 saturated heterocycles. The Kier molecular flexibility index (Phi) is 4.81. The first-order valence-corrected chi connectivity index (χ1v) is 8.86. The van der Waals surface area contributed by atoms with Crippen LogP contribution in [0.2, 0.25) is 0 Å². The highest BCUT2D eigenvalue weighted by molar-refractivity contribution is 5.87. The molecule has 24 heavy (non-hydrogen) atoms. The fourth-order valence-corrected chi connectivity index (χ4v) is 4.22. The van der Waals surface area contributed by atoms with Crippen molar-refractivity contribution in [3.8, 4) is 5.75 Å². The van der Waals surface area contributed by atoms with E-state index in [-0.39, 0.29) is 29.1 Å². The third kappa shape index (κ3) is 2.90. The molecule has 132 valence electrons. The normalized spacial score (nSPS) is 25.0. The van der Waals surface area contributed by atoms with Crippen LogP contribution in [0.15, 0.2) is 18.2 Å². The van der Waals surface area contributed by atoms with Crippen molar-refractivity contribution in [1.82, 2.24) is 9.80 Å². The molecule has 0 saturated carbocycles. The van der Waals surface area contributed by atoms with Gasteiger partial charge in [0.2, 0.25) is 5.91 Å². The highest BCUT2D eigenvalue weighted by Crippen LogP contribution is 2.40. The van der Waals surface area contributed by atoms with Crippen LogP contribution < -0.4 is 4.74 Å². The number of rotatable bonds is 4. The molecule has 2 fully saturated rings. The number of benzene rings is 1. The summed E-state index contributed by atoms with van der Waals surface area (Å²) in [5, 5.41) is 0. The van der Waals surface area contributed by atoms with E-state index in [9.17, 15) is 9.18 Å². The van der Waals surface area contributed by atoms with Gasteiger partial charge in [-0.25, -0.2) is 4.39 Å². The lowest BCUT2D eigenvalue weighted by atomic mass is 9.84. The first-order chi connectivity index (χ1) is 11.5. The Balaban J connectivity index is 1.84. The predicted molar refractivity (Wildman–Crippen MR) is 91.4 cm³/mol. The molecule has 0 aromatic heterocycles. The number of halogens is 1. The molecule has 1 amide bonds. The second-order valence-corrected chi connectivity index (χ2v) is 7.22. The molecule has 0 radical (unpaired) electrons. The second-order valence-electron chi connectivity index (χ2n) is 7.22. The molecule has 1 unspecified atom stereocenters. The molecular formula is C19H27FN2O2. The Morgan fingerprint density at radius 1 is 1.25 bits per heavy atom. The molecule has 1 aromatic carbocycles. The van der Waals surface area contributed by atoms with Gasteiger partial charge in [0, 0.05) is 19.1 Å². The molecule has 2 aliphatic rings. The Morgan fingerprint density at radius 2 is 1.96 bits per heavy atom. The molecule has 1 atom stereocenters. The third-order valence-electron chi connectivity index (χ3n) is 5.48. The maximum absolute atomic E-state index is 13.6. The molecule has 3 rings (SSSR count). The number of likely N-dealkylation sites (tertiary alicyclic amines) is 2. The van der Waals surface area contributed by atoms with E-state index in [2.05, 4.69) is 18.7 Å². The van der Waals surface area contributed by atoms with Crippen molar-refractivity contribution >= 4 is 5.91 Å². The van der Waals surface area contributed by atoms with Crippen LogP contribution in [0.3, 0.4) is 0 Å². The first kappa shape index (κ1) is 17.2. The Bertz CT molecular complexity index is 619. The van der Waals surface area contributed by atoms with Gasteiger partial charge in [-0.05, 0) is 63.8 Å². The molecular weight excluding hydrogens is 307 g/mol. The summed E-state index contributed by atoms with van der Waals surface area (Å²) in [5.74, 6) is 0.187. The van der Waals surface area contributed by atoms with Crippen molar-refractivity contribution in [2.45, 2.75) is 57.7 Å². The van der Waals surface area contributed by atoms with Crippen LogP contribution in [0.5, 0.6) is 5.75 Å². The quantitative estimate of drug-likeness (QED) is 0.848. The zero-order chi connectivity index (χ0) is 17.3. The van der Waals surface area contributed by atoms with Crippen LogP contribution >= 0.6 is 0 Å². The smallest absolute Gasteiger partial charge is 0.243 e. The number of ether oxygens (including phenoxy) is 1. The number of carbonyl (C=O) groups is 1. The summed E-state index contributed by atoms with van der Waals surface area (Å²) >= 11 is 0. The van der Waals surface area contributed by atoms with E-state index < -0.39 is 0 Å². The number of methoxy groups -OCH3 is 1. The highest BCUT2D eigenvalue weighted by Gasteiger charge is 2.50. The first-order valence-electron chi connectivity index (χ1n) is 8.86. The zero-order valence-corrected chi connectivity index (χ0v) is 14.8. The van der Waals surface area contributed by atoms with Crippen LogP contribution in [-0.2, 0) is 11.3 Å². The summed E-state index contributed by atoms with van der Waals surface area (Å²) in [6.07, 6.45) is 3.93. The van der Waals surface area contributed by atoms with Crippen molar-refractivity contribution in [3.63, 3.8) is 0 Å². The van der Waals surface area contributed by atoms with E-state index in [1.165, 1.54) is 13.2 Å². The fraction of sp³-hybridized carbons (Fsp3) is 0.632. The van der Waals surface area contributed by atoms with Crippen molar-refractivity contribution < 1.29 is 13.9 Å². The van der Waals surface area contributed by atoms with Crippen LogP contribution in [0.4, 0.5) is 4.39 Å². The van der Waals surface area contributed by atoms with E-state index >= 15 is 0 Å². The van der Waals surface area contributed by atoms with Gasteiger partial charge in [0.15, 0.2) is 11.6 Å². The zero-order valence-electron chi connectivity index (χ0n) is 14.8. The molecule has 1 spiro atoms. The number of nitrogens with zero attached hydrogens (tertiary/aromatic N) is 2. The average molecular weight is 334 g/mol. The summed E-state index contributed by atoms with van der Waals surface area (Å²) in [7, 11) is 1.48. The van der Waals surface area contributed by atoms with Crippen molar-refractivity contribution in [3.05, 3.63) is 29.6 Å². The topological polar surface area (TPSA) is 32.8 Å². The van der Waals surface area contributed by atoms with Crippen LogP contribution in [0.25, 0.3) is 0 Å². The van der Waals surface area contributed by atoms with Gasteiger partial charge < -0.3 is 9.64 Å². The summed E-state index contributed by atoms with van der Waals surface area (Å²) in [6, 6.07) is 5.22. The number of piperidine rings is 1. The van der Waals surface area contributed by atoms with Gasteiger partial charge >= 0.3 is 0 Å². The van der Waals surface area contributed by atoms with Crippen molar-refractivity contribution in [2.75, 3.05) is 20.2 Å². The minimum Gasteiger partial charge on any atom is -0.494 e. The number of carbonyl (C=O) groups excluding carboxylic acids is 1. The van der Waals surface area contributed by atoms with Crippen molar-refractivity contribution in [1.29, 1.82) is 0 Å². The van der Waals surface area contributed by atoms with E-state index in [1.807, 2.05) is 4.90 Å². The van der Waals surface area contributed by atoms with Crippen LogP contribution in [0, 0.1) is 5.82 Å². The van der Waals surface area contributed by atoms with Gasteiger partial charge in [-0.2, -0.15) is 0 Å². The number of amides is 1. The molecule has 2 heterocycles. The summed E-state index contributed by atoms with van der Waals surface area (Å²) < 4.78 is 18.7. The molecule has 1 aromatic rings. The number of hydrogen-bond acceptors (Lipinski definition) is 3. The molecule has 4 nitrogen and oxygen atoms in total. The second kappa shape index (κ2) is 6.71. The predicted octanol–water partition coefficient (Wildman–Crippen LogP) is 3.20. The Labute approximate surface area is 143 Å². The lowest BCUT2D eigenvalue weighted by Gasteiger charge is -2.46. The van der Waals surface area contributed by atoms with Crippen molar-refractivity contribution in [2.24, 2.45) is 0 Å². The number of hydrogen-bond donors (Lipinski definition) is 0. The Hall–Kier alpha value is -1.62. The SMILES string of the molecule is COc1cc(CN2CCCC23CCCN(C(C)C)C3=O)ccc1F. The molecule has 0 bridgehead atoms. The lowest BCUT2D eigenvalue weighted by Crippen LogP contribution is -2.61. The van der Waals surface area contributed by atoms with E-state index in [1.54, 1.807) is 12.1 Å². The maximum Gasteiger partial charge on any atom is 0.243 e. The third-order valence-corrected chi connectivity index (χ3v) is 5.48. The molecule has 5 heteroatoms. The minimum atomic E-state index is -0.371. The Morgan fingerprint density at radius 3 is 2.62 bits per heavy atom. The highest BCUT2D eigenvalue weighted by atomic mass is 19.1. The monoisotopic (exact) mass is 334 g/mol. The van der Waals surface area contributed by atoms with Crippen LogP contribution in [-0.4, -0.2) is 47.5 Å². The summed E-state index contributed by atoms with van der Waals surface area (Å²) in [5.41, 5.74) is 0.619. The van der Waals surface area contributed by atoms with Gasteiger partial charge in [0.25, 0.3) is 0 Å². The molecule has 0 aliphatic carbocycles. The van der Waals surface area contributed by atoms with E-state index in [4.69, 9.17) is 4.74 Å². The minimum absolute atomic E-state index is 0.239. The largest absolute Gasteiger partial charge is 0.494 e. The maximum atomic E-state index is 13.6. The fourth-order valence-electron chi connectivity index (χ4n) is 4.22. The van der Waals surface area contributed by atoms with Gasteiger partial charge in [-0.15, -0.1) is 0 Å². The van der Waals surface area contributed by atoms with Crippen LogP contribution in [0.1, 0.15) is 45.1 Å². The molecule has 0 N–H and O–H groups in total. The van der Waals surface area contributed by atoms with Gasteiger partial charge in [-0.3, -0.25) is 9.69 Å². The standard InChI is InChI=1S/C19H27FN2O2/c1-14(2)22-11-5-9-19(18(22)23)8-4-10-21(19)13-15-6-7-16(20)17(12-15)24-3/h6-7,12,14H,4-5,8-11,13H2,1-3H3. The van der Waals surface area contributed by atoms with E-state index in [0.29, 0.717) is 6.54 Å². The van der Waals surface area contributed by atoms with E-state index in [0.717, 1.165) is 44.3 Å². The van der Waals surface area contributed by atoms with Gasteiger partial charge in [0.05, 0.1) is 7.11 Å². The van der Waals surface area contributed by atoms with Gasteiger partial charge in [0.1, 0.15) is 5.54 Å². The summed E-state index contributed by atoms with van der Waals surface area (Å²) in [6.45, 7) is 6.60. The van der Waals surface area contributed by atoms with Gasteiger partial charge in [-0.1, -0.05) is 6.07 Å².